The largest absolute Gasteiger partial charge is 0.340 e. The van der Waals surface area contributed by atoms with Crippen LogP contribution in [0.25, 0.3) is 11.4 Å². The molecule has 0 bridgehead atoms. The van der Waals surface area contributed by atoms with Crippen LogP contribution < -0.4 is 10.9 Å². The van der Waals surface area contributed by atoms with E-state index in [4.69, 9.17) is 4.52 Å². The van der Waals surface area contributed by atoms with Gasteiger partial charge in [0, 0.05) is 6.20 Å². The first kappa shape index (κ1) is 12.7. The summed E-state index contributed by atoms with van der Waals surface area (Å²) in [5.41, 5.74) is -0.0374. The molecule has 21 heavy (non-hydrogen) atoms. The van der Waals surface area contributed by atoms with Gasteiger partial charge in [0.1, 0.15) is 6.33 Å². The van der Waals surface area contributed by atoms with Crippen LogP contribution >= 0.6 is 0 Å². The number of hydrogen-bond acceptors (Lipinski definition) is 7. The lowest BCUT2D eigenvalue weighted by atomic mass is 10.3. The van der Waals surface area contributed by atoms with Crippen LogP contribution in [0, 0.1) is 0 Å². The molecule has 0 fully saturated rings. The zero-order valence-electron chi connectivity index (χ0n) is 10.5. The maximum atomic E-state index is 11.6. The van der Waals surface area contributed by atoms with Crippen molar-refractivity contribution in [1.29, 1.82) is 0 Å². The Kier molecular flexibility index (Phi) is 3.25. The van der Waals surface area contributed by atoms with E-state index in [1.54, 1.807) is 12.1 Å². The predicted molar refractivity (Wildman–Crippen MR) is 67.9 cm³/mol. The van der Waals surface area contributed by atoms with Crippen molar-refractivity contribution in [1.82, 2.24) is 35.6 Å². The molecule has 0 spiro atoms. The maximum absolute atomic E-state index is 11.6. The van der Waals surface area contributed by atoms with Crippen molar-refractivity contribution in [3.8, 4) is 11.4 Å². The summed E-state index contributed by atoms with van der Waals surface area (Å²) in [7, 11) is 0. The van der Waals surface area contributed by atoms with Crippen molar-refractivity contribution in [2.75, 3.05) is 0 Å². The number of aromatic amines is 2. The molecule has 3 N–H and O–H groups in total. The van der Waals surface area contributed by atoms with E-state index < -0.39 is 5.91 Å². The van der Waals surface area contributed by atoms with Gasteiger partial charge in [-0.25, -0.2) is 4.98 Å². The molecule has 0 atom stereocenters. The number of H-pyrrole nitrogens is 2. The van der Waals surface area contributed by atoms with Gasteiger partial charge in [0.25, 0.3) is 11.5 Å². The normalized spacial score (nSPS) is 10.5. The second kappa shape index (κ2) is 5.36. The number of carbonyl (C=O) groups excluding carboxylic acids is 1. The lowest BCUT2D eigenvalue weighted by molar-refractivity contribution is 0.0936. The number of carbonyl (C=O) groups is 1. The third-order valence-electron chi connectivity index (χ3n) is 2.56. The summed E-state index contributed by atoms with van der Waals surface area (Å²) in [5, 5.41) is 12.2. The fraction of sp³-hybridized carbons (Fsp3) is 0.0909. The van der Waals surface area contributed by atoms with Gasteiger partial charge in [-0.15, -0.1) is 0 Å². The van der Waals surface area contributed by atoms with Crippen LogP contribution in [0.3, 0.4) is 0 Å². The van der Waals surface area contributed by atoms with E-state index in [0.717, 1.165) is 0 Å². The highest BCUT2D eigenvalue weighted by atomic mass is 16.5. The topological polar surface area (TPSA) is 142 Å². The van der Waals surface area contributed by atoms with Crippen LogP contribution in [0.1, 0.15) is 16.5 Å². The number of hydrogen-bond donors (Lipinski definition) is 3. The minimum Gasteiger partial charge on any atom is -0.340 e. The van der Waals surface area contributed by atoms with E-state index in [0.29, 0.717) is 0 Å². The Morgan fingerprint density at radius 1 is 1.43 bits per heavy atom. The first-order chi connectivity index (χ1) is 10.2. The second-order valence-corrected chi connectivity index (χ2v) is 3.94. The van der Waals surface area contributed by atoms with E-state index in [1.807, 2.05) is 0 Å². The summed E-state index contributed by atoms with van der Waals surface area (Å²) in [5.74, 6) is -0.0547. The molecule has 0 aliphatic carbocycles. The molecule has 10 nitrogen and oxygen atoms in total. The fourth-order valence-corrected chi connectivity index (χ4v) is 1.59. The number of pyridine rings is 1. The van der Waals surface area contributed by atoms with Gasteiger partial charge in [0.05, 0.1) is 12.1 Å². The Bertz CT molecular complexity index is 805. The predicted octanol–water partition coefficient (Wildman–Crippen LogP) is -0.527. The molecule has 0 saturated carbocycles. The SMILES string of the molecule is O=C(NCc1nc(-c2ccc[nH]c2=O)no1)c1ncn[nH]1. The van der Waals surface area contributed by atoms with Crippen molar-refractivity contribution in [2.45, 2.75) is 6.54 Å². The highest BCUT2D eigenvalue weighted by Crippen LogP contribution is 2.09. The van der Waals surface area contributed by atoms with Gasteiger partial charge in [-0.2, -0.15) is 10.1 Å². The van der Waals surface area contributed by atoms with Crippen molar-refractivity contribution in [2.24, 2.45) is 0 Å². The molecule has 0 unspecified atom stereocenters. The molecule has 0 radical (unpaired) electrons. The molecular formula is C11H9N7O3. The molecule has 0 aromatic carbocycles. The Balaban J connectivity index is 1.70. The van der Waals surface area contributed by atoms with Gasteiger partial charge >= 0.3 is 0 Å². The van der Waals surface area contributed by atoms with E-state index >= 15 is 0 Å². The number of nitrogens with one attached hydrogen (secondary N) is 3. The molecule has 10 heteroatoms. The molecule has 106 valence electrons. The van der Waals surface area contributed by atoms with Gasteiger partial charge in [-0.3, -0.25) is 14.7 Å². The zero-order valence-corrected chi connectivity index (χ0v) is 10.5. The van der Waals surface area contributed by atoms with Crippen molar-refractivity contribution < 1.29 is 9.32 Å². The van der Waals surface area contributed by atoms with Crippen LogP contribution in [0.4, 0.5) is 0 Å². The van der Waals surface area contributed by atoms with Crippen molar-refractivity contribution in [3.05, 3.63) is 46.7 Å². The molecule has 1 amide bonds. The number of aromatic nitrogens is 6. The molecule has 3 aromatic heterocycles. The molecule has 0 aliphatic rings. The summed E-state index contributed by atoms with van der Waals surface area (Å²) in [4.78, 5) is 33.5. The molecule has 3 aromatic rings. The van der Waals surface area contributed by atoms with E-state index in [9.17, 15) is 9.59 Å². The molecule has 0 saturated heterocycles. The van der Waals surface area contributed by atoms with Gasteiger partial charge in [-0.1, -0.05) is 5.16 Å². The van der Waals surface area contributed by atoms with E-state index in [-0.39, 0.29) is 35.2 Å². The summed E-state index contributed by atoms with van der Waals surface area (Å²) >= 11 is 0. The summed E-state index contributed by atoms with van der Waals surface area (Å²) in [6.45, 7) is 0.0112. The van der Waals surface area contributed by atoms with Gasteiger partial charge in [0.15, 0.2) is 0 Å². The lowest BCUT2D eigenvalue weighted by Crippen LogP contribution is -2.24. The molecule has 3 heterocycles. The highest BCUT2D eigenvalue weighted by Gasteiger charge is 2.13. The summed E-state index contributed by atoms with van der Waals surface area (Å²) in [6, 6.07) is 3.22. The highest BCUT2D eigenvalue weighted by molar-refractivity contribution is 5.90. The van der Waals surface area contributed by atoms with E-state index in [2.05, 4.69) is 35.6 Å². The van der Waals surface area contributed by atoms with Crippen LogP contribution in [0.15, 0.2) is 34.0 Å². The minimum atomic E-state index is -0.454. The molecule has 3 rings (SSSR count). The van der Waals surface area contributed by atoms with Crippen LogP contribution in [-0.2, 0) is 6.54 Å². The van der Waals surface area contributed by atoms with Gasteiger partial charge in [-0.05, 0) is 12.1 Å². The monoisotopic (exact) mass is 287 g/mol. The molecular weight excluding hydrogens is 278 g/mol. The second-order valence-electron chi connectivity index (χ2n) is 3.94. The Hall–Kier alpha value is -3.30. The quantitative estimate of drug-likeness (QED) is 0.585. The van der Waals surface area contributed by atoms with Crippen LogP contribution in [0.2, 0.25) is 0 Å². The maximum Gasteiger partial charge on any atom is 0.289 e. The Labute approximate surface area is 116 Å². The summed E-state index contributed by atoms with van der Waals surface area (Å²) in [6.07, 6.45) is 2.73. The van der Waals surface area contributed by atoms with Crippen LogP contribution in [-0.4, -0.2) is 36.2 Å². The Morgan fingerprint density at radius 2 is 2.33 bits per heavy atom. The van der Waals surface area contributed by atoms with E-state index in [1.165, 1.54) is 12.5 Å². The molecule has 0 aliphatic heterocycles. The smallest absolute Gasteiger partial charge is 0.289 e. The summed E-state index contributed by atoms with van der Waals surface area (Å²) < 4.78 is 4.97. The lowest BCUT2D eigenvalue weighted by Gasteiger charge is -1.97. The average molecular weight is 287 g/mol. The minimum absolute atomic E-state index is 0.0112. The number of rotatable bonds is 4. The first-order valence-electron chi connectivity index (χ1n) is 5.88. The Morgan fingerprint density at radius 3 is 3.10 bits per heavy atom. The average Bonchev–Trinajstić information content (AvgIpc) is 3.17. The standard InChI is InChI=1S/C11H9N7O3/c19-10-6(2-1-3-12-10)8-16-7(21-18-8)4-13-11(20)9-14-5-15-17-9/h1-3,5H,4H2,(H,12,19)(H,13,20)(H,14,15,17). The number of amides is 1. The van der Waals surface area contributed by atoms with Crippen molar-refractivity contribution >= 4 is 5.91 Å². The third-order valence-corrected chi connectivity index (χ3v) is 2.56. The third kappa shape index (κ3) is 2.68. The zero-order chi connectivity index (χ0) is 14.7. The van der Waals surface area contributed by atoms with Gasteiger partial charge < -0.3 is 14.8 Å². The first-order valence-corrected chi connectivity index (χ1v) is 5.88. The fourth-order valence-electron chi connectivity index (χ4n) is 1.59. The van der Waals surface area contributed by atoms with Crippen LogP contribution in [0.5, 0.6) is 0 Å². The number of nitrogens with zero attached hydrogens (tertiary/aromatic N) is 4. The van der Waals surface area contributed by atoms with Gasteiger partial charge in [0.2, 0.25) is 17.5 Å². The van der Waals surface area contributed by atoms with Crippen molar-refractivity contribution in [3.63, 3.8) is 0 Å².